The maximum absolute atomic E-state index is 12.7. The van der Waals surface area contributed by atoms with E-state index in [1.165, 1.54) is 22.3 Å². The van der Waals surface area contributed by atoms with Crippen molar-refractivity contribution in [3.63, 3.8) is 0 Å². The molecule has 0 amide bonds. The number of aromatic nitrogens is 1. The number of benzene rings is 3. The first-order valence-corrected chi connectivity index (χ1v) is 11.6. The van der Waals surface area contributed by atoms with Crippen LogP contribution in [0.25, 0.3) is 11.1 Å². The molecule has 0 spiro atoms. The molecule has 2 heterocycles. The molecular weight excluding hydrogens is 414 g/mol. The van der Waals surface area contributed by atoms with Crippen molar-refractivity contribution < 1.29 is 0 Å². The molecule has 5 heteroatoms. The third-order valence-electron chi connectivity index (χ3n) is 5.80. The Balaban J connectivity index is 1.43. The quantitative estimate of drug-likeness (QED) is 0.449. The lowest BCUT2D eigenvalue weighted by atomic mass is 10.00. The van der Waals surface area contributed by atoms with Crippen molar-refractivity contribution in [2.24, 2.45) is 0 Å². The highest BCUT2D eigenvalue weighted by molar-refractivity contribution is 8.00. The van der Waals surface area contributed by atoms with E-state index in [0.717, 1.165) is 17.3 Å². The summed E-state index contributed by atoms with van der Waals surface area (Å²) in [5.74, 6) is 0. The first-order valence-electron chi connectivity index (χ1n) is 10.7. The molecule has 1 aliphatic rings. The topological polar surface area (TPSA) is 37.3 Å². The van der Waals surface area contributed by atoms with Crippen LogP contribution in [0.3, 0.4) is 0 Å². The van der Waals surface area contributed by atoms with Crippen molar-refractivity contribution in [3.8, 4) is 11.1 Å². The molecule has 1 aromatic heterocycles. The lowest BCUT2D eigenvalue weighted by Gasteiger charge is -2.21. The van der Waals surface area contributed by atoms with Crippen molar-refractivity contribution >= 4 is 17.4 Å². The predicted octanol–water partition coefficient (Wildman–Crippen LogP) is 5.18. The Kier molecular flexibility index (Phi) is 5.84. The molecule has 0 fully saturated rings. The molecule has 1 atom stereocenters. The molecule has 0 bridgehead atoms. The van der Waals surface area contributed by atoms with E-state index in [1.807, 2.05) is 37.5 Å². The van der Waals surface area contributed by atoms with E-state index in [0.29, 0.717) is 6.54 Å². The summed E-state index contributed by atoms with van der Waals surface area (Å²) < 4.78 is 2.20. The van der Waals surface area contributed by atoms with E-state index in [2.05, 4.69) is 75.4 Å². The normalized spacial score (nSPS) is 15.0. The number of hydrogen-bond donors (Lipinski definition) is 1. The zero-order valence-electron chi connectivity index (χ0n) is 17.9. The number of fused-ring (bicyclic) bond motifs is 1. The van der Waals surface area contributed by atoms with Crippen LogP contribution in [0.2, 0.25) is 0 Å². The second-order valence-corrected chi connectivity index (χ2v) is 9.00. The zero-order valence-corrected chi connectivity index (χ0v) is 18.8. The lowest BCUT2D eigenvalue weighted by Crippen LogP contribution is -2.39. The lowest BCUT2D eigenvalue weighted by molar-refractivity contribution is 0.643. The summed E-state index contributed by atoms with van der Waals surface area (Å²) >= 11 is 1.70. The third kappa shape index (κ3) is 4.09. The summed E-state index contributed by atoms with van der Waals surface area (Å²) in [6.45, 7) is 1.46. The van der Waals surface area contributed by atoms with Crippen LogP contribution in [0.4, 0.5) is 5.69 Å². The fourth-order valence-corrected chi connectivity index (χ4v) is 5.40. The summed E-state index contributed by atoms with van der Waals surface area (Å²) in [6.07, 6.45) is 1.92. The van der Waals surface area contributed by atoms with Gasteiger partial charge in [-0.1, -0.05) is 96.7 Å². The molecule has 4 aromatic rings. The molecule has 3 aromatic carbocycles. The highest BCUT2D eigenvalue weighted by atomic mass is 32.2. The van der Waals surface area contributed by atoms with Gasteiger partial charge in [0.05, 0.1) is 0 Å². The molecule has 32 heavy (non-hydrogen) atoms. The molecule has 4 nitrogen and oxygen atoms in total. The largest absolute Gasteiger partial charge is 0.345 e. The summed E-state index contributed by atoms with van der Waals surface area (Å²) in [7, 11) is 1.99. The van der Waals surface area contributed by atoms with Crippen LogP contribution in [0, 0.1) is 0 Å². The van der Waals surface area contributed by atoms with Crippen LogP contribution < -0.4 is 15.6 Å². The molecule has 0 saturated carbocycles. The highest BCUT2D eigenvalue weighted by Crippen LogP contribution is 2.39. The van der Waals surface area contributed by atoms with Gasteiger partial charge in [0.1, 0.15) is 16.2 Å². The van der Waals surface area contributed by atoms with E-state index in [-0.39, 0.29) is 10.9 Å². The minimum Gasteiger partial charge on any atom is -0.345 e. The van der Waals surface area contributed by atoms with Crippen LogP contribution in [0.1, 0.15) is 11.1 Å². The SMILES string of the molecule is CN1c2c(n(Cc3ccccc3-c3ccccc3)ccc2=O)SC1NCc1ccccc1. The fourth-order valence-electron chi connectivity index (χ4n) is 4.14. The summed E-state index contributed by atoms with van der Waals surface area (Å²) in [5.41, 5.74) is 5.71. The van der Waals surface area contributed by atoms with E-state index in [1.54, 1.807) is 17.8 Å². The van der Waals surface area contributed by atoms with Crippen LogP contribution in [-0.4, -0.2) is 17.1 Å². The number of anilines is 1. The van der Waals surface area contributed by atoms with Gasteiger partial charge >= 0.3 is 0 Å². The molecular formula is C27H25N3OS. The average Bonchev–Trinajstić information content (AvgIpc) is 3.18. The van der Waals surface area contributed by atoms with Crippen LogP contribution in [0.5, 0.6) is 0 Å². The highest BCUT2D eigenvalue weighted by Gasteiger charge is 2.31. The van der Waals surface area contributed by atoms with E-state index < -0.39 is 0 Å². The summed E-state index contributed by atoms with van der Waals surface area (Å²) in [5, 5.41) is 4.59. The number of pyridine rings is 1. The second-order valence-electron chi connectivity index (χ2n) is 7.93. The minimum atomic E-state index is 0.0101. The van der Waals surface area contributed by atoms with Crippen molar-refractivity contribution in [2.45, 2.75) is 23.6 Å². The minimum absolute atomic E-state index is 0.0101. The van der Waals surface area contributed by atoms with E-state index in [9.17, 15) is 4.79 Å². The monoisotopic (exact) mass is 439 g/mol. The number of thioether (sulfide) groups is 1. The van der Waals surface area contributed by atoms with Crippen molar-refractivity contribution in [2.75, 3.05) is 11.9 Å². The first-order chi connectivity index (χ1) is 15.7. The number of rotatable bonds is 6. The number of hydrogen-bond acceptors (Lipinski definition) is 4. The molecule has 160 valence electrons. The Bertz CT molecular complexity index is 1270. The Labute approximate surface area is 192 Å². The Morgan fingerprint density at radius 3 is 2.34 bits per heavy atom. The van der Waals surface area contributed by atoms with Gasteiger partial charge in [0.2, 0.25) is 5.43 Å². The van der Waals surface area contributed by atoms with Gasteiger partial charge in [-0.15, -0.1) is 0 Å². The Hall–Kier alpha value is -3.28. The molecule has 0 saturated heterocycles. The Morgan fingerprint density at radius 1 is 0.875 bits per heavy atom. The van der Waals surface area contributed by atoms with Crippen molar-refractivity contribution in [1.29, 1.82) is 0 Å². The second kappa shape index (κ2) is 9.07. The van der Waals surface area contributed by atoms with E-state index in [4.69, 9.17) is 0 Å². The van der Waals surface area contributed by atoms with Gasteiger partial charge in [-0.25, -0.2) is 0 Å². The standard InChI is InChI=1S/C27H25N3OS/c1-29-25-24(31)16-17-30(26(25)32-27(29)28-18-20-10-4-2-5-11-20)19-22-14-8-9-15-23(22)21-12-6-3-7-13-21/h2-17,27-28H,18-19H2,1H3. The first kappa shape index (κ1) is 20.6. The molecule has 1 aliphatic heterocycles. The number of nitrogens with one attached hydrogen (secondary N) is 1. The van der Waals surface area contributed by atoms with Gasteiger partial charge in [-0.3, -0.25) is 10.1 Å². The van der Waals surface area contributed by atoms with Gasteiger partial charge in [-0.2, -0.15) is 0 Å². The third-order valence-corrected chi connectivity index (χ3v) is 7.15. The fraction of sp³-hybridized carbons (Fsp3) is 0.148. The van der Waals surface area contributed by atoms with Crippen LogP contribution >= 0.6 is 11.8 Å². The van der Waals surface area contributed by atoms with E-state index >= 15 is 0 Å². The van der Waals surface area contributed by atoms with Crippen molar-refractivity contribution in [3.05, 3.63) is 119 Å². The van der Waals surface area contributed by atoms with Gasteiger partial charge in [0.15, 0.2) is 0 Å². The van der Waals surface area contributed by atoms with Crippen LogP contribution in [0.15, 0.2) is 107 Å². The maximum Gasteiger partial charge on any atom is 0.206 e. The van der Waals surface area contributed by atoms with Gasteiger partial charge in [0, 0.05) is 32.4 Å². The smallest absolute Gasteiger partial charge is 0.206 e. The summed E-state index contributed by atoms with van der Waals surface area (Å²) in [6, 6.07) is 31.0. The Morgan fingerprint density at radius 2 is 1.56 bits per heavy atom. The van der Waals surface area contributed by atoms with Crippen LogP contribution in [-0.2, 0) is 13.1 Å². The van der Waals surface area contributed by atoms with Gasteiger partial charge in [-0.05, 0) is 22.3 Å². The van der Waals surface area contributed by atoms with Gasteiger partial charge < -0.3 is 9.47 Å². The number of nitrogens with zero attached hydrogens (tertiary/aromatic N) is 2. The molecule has 0 radical (unpaired) electrons. The maximum atomic E-state index is 12.7. The molecule has 0 aliphatic carbocycles. The summed E-state index contributed by atoms with van der Waals surface area (Å²) in [4.78, 5) is 14.8. The van der Waals surface area contributed by atoms with Gasteiger partial charge in [0.25, 0.3) is 0 Å². The predicted molar refractivity (Wildman–Crippen MR) is 133 cm³/mol. The zero-order chi connectivity index (χ0) is 21.9. The van der Waals surface area contributed by atoms with Crippen molar-refractivity contribution in [1.82, 2.24) is 9.88 Å². The molecule has 1 N–H and O–H groups in total. The average molecular weight is 440 g/mol. The molecule has 5 rings (SSSR count). The molecule has 1 unspecified atom stereocenters.